The summed E-state index contributed by atoms with van der Waals surface area (Å²) in [5.74, 6) is -0.265. The van der Waals surface area contributed by atoms with Gasteiger partial charge in [-0.2, -0.15) is 5.26 Å². The maximum Gasteiger partial charge on any atom is 0.251 e. The number of carbonyl (C=O) groups excluding carboxylic acids is 1. The van der Waals surface area contributed by atoms with E-state index in [2.05, 4.69) is 33.2 Å². The lowest BCUT2D eigenvalue weighted by atomic mass is 9.95. The van der Waals surface area contributed by atoms with E-state index in [1.165, 1.54) is 0 Å². The zero-order valence-electron chi connectivity index (χ0n) is 14.5. The third kappa shape index (κ3) is 3.59. The predicted molar refractivity (Wildman–Crippen MR) is 95.3 cm³/mol. The molecule has 8 heteroatoms. The Balaban J connectivity index is 1.88. The molecule has 136 valence electrons. The van der Waals surface area contributed by atoms with Crippen LogP contribution in [0.3, 0.4) is 0 Å². The number of rotatable bonds is 4. The van der Waals surface area contributed by atoms with Gasteiger partial charge in [0.05, 0.1) is 17.9 Å². The number of benzene rings is 1. The Morgan fingerprint density at radius 2 is 2.12 bits per heavy atom. The van der Waals surface area contributed by atoms with Crippen molar-refractivity contribution in [3.63, 3.8) is 0 Å². The van der Waals surface area contributed by atoms with Gasteiger partial charge < -0.3 is 20.4 Å². The molecule has 0 saturated carbocycles. The molecule has 0 radical (unpaired) electrons. The Morgan fingerprint density at radius 1 is 1.38 bits per heavy atom. The number of piperidine rings is 1. The summed E-state index contributed by atoms with van der Waals surface area (Å²) in [6.45, 7) is 2.82. The molecule has 3 atom stereocenters. The summed E-state index contributed by atoms with van der Waals surface area (Å²) in [6, 6.07) is 5.56. The van der Waals surface area contributed by atoms with Gasteiger partial charge in [-0.3, -0.25) is 14.8 Å². The van der Waals surface area contributed by atoms with Crippen molar-refractivity contribution < 1.29 is 15.0 Å². The number of amides is 1. The number of anilines is 1. The average molecular weight is 355 g/mol. The molecule has 2 aromatic rings. The molecule has 2 heterocycles. The highest BCUT2D eigenvalue weighted by molar-refractivity contribution is 5.92. The van der Waals surface area contributed by atoms with Gasteiger partial charge in [-0.05, 0) is 24.5 Å². The summed E-state index contributed by atoms with van der Waals surface area (Å²) in [7, 11) is 0. The predicted octanol–water partition coefficient (Wildman–Crippen LogP) is 0.186. The molecule has 1 saturated heterocycles. The lowest BCUT2D eigenvalue weighted by Gasteiger charge is -2.38. The summed E-state index contributed by atoms with van der Waals surface area (Å²) in [5, 5.41) is 30.5. The molecular weight excluding hydrogens is 334 g/mol. The highest BCUT2D eigenvalue weighted by atomic mass is 16.3. The highest BCUT2D eigenvalue weighted by Gasteiger charge is 2.29. The van der Waals surface area contributed by atoms with Crippen molar-refractivity contribution in [3.8, 4) is 6.07 Å². The van der Waals surface area contributed by atoms with Crippen LogP contribution in [0.2, 0.25) is 0 Å². The van der Waals surface area contributed by atoms with E-state index in [-0.39, 0.29) is 6.04 Å². The first kappa shape index (κ1) is 18.0. The second-order valence-corrected chi connectivity index (χ2v) is 6.65. The standard InChI is InChI=1S/C18H21N5O3/c1-11-6-13(22-18(26)15(25)10-24)9-23(8-11)14-3-2-12(7-19)16-17(14)21-5-4-20-16/h2-5,11,13,15,24-25H,6,8-10H2,1H3,(H,22,26)/t11-,13+,15+/m0/s1. The third-order valence-corrected chi connectivity index (χ3v) is 4.55. The van der Waals surface area contributed by atoms with Gasteiger partial charge in [0.25, 0.3) is 5.91 Å². The topological polar surface area (TPSA) is 122 Å². The third-order valence-electron chi connectivity index (χ3n) is 4.55. The van der Waals surface area contributed by atoms with Gasteiger partial charge in [0, 0.05) is 31.5 Å². The fourth-order valence-corrected chi connectivity index (χ4v) is 3.42. The van der Waals surface area contributed by atoms with Crippen molar-refractivity contribution in [2.24, 2.45) is 5.92 Å². The highest BCUT2D eigenvalue weighted by Crippen LogP contribution is 2.30. The largest absolute Gasteiger partial charge is 0.393 e. The Labute approximate surface area is 151 Å². The van der Waals surface area contributed by atoms with Crippen LogP contribution in [0.15, 0.2) is 24.5 Å². The molecule has 0 spiro atoms. The zero-order valence-corrected chi connectivity index (χ0v) is 14.5. The van der Waals surface area contributed by atoms with E-state index in [1.807, 2.05) is 6.07 Å². The van der Waals surface area contributed by atoms with Gasteiger partial charge in [0.2, 0.25) is 0 Å². The smallest absolute Gasteiger partial charge is 0.251 e. The van der Waals surface area contributed by atoms with Gasteiger partial charge >= 0.3 is 0 Å². The second kappa shape index (κ2) is 7.64. The number of hydrogen-bond donors (Lipinski definition) is 3. The van der Waals surface area contributed by atoms with Crippen LogP contribution in [0.1, 0.15) is 18.9 Å². The number of carbonyl (C=O) groups is 1. The maximum absolute atomic E-state index is 11.9. The van der Waals surface area contributed by atoms with E-state index in [0.717, 1.165) is 18.7 Å². The fraction of sp³-hybridized carbons (Fsp3) is 0.444. The first-order valence-corrected chi connectivity index (χ1v) is 8.51. The molecule has 8 nitrogen and oxygen atoms in total. The van der Waals surface area contributed by atoms with E-state index >= 15 is 0 Å². The molecule has 3 N–H and O–H groups in total. The Bertz CT molecular complexity index is 850. The quantitative estimate of drug-likeness (QED) is 0.715. The SMILES string of the molecule is C[C@H]1C[C@@H](NC(=O)[C@H](O)CO)CN(c2ccc(C#N)c3nccnc23)C1. The minimum atomic E-state index is -1.41. The van der Waals surface area contributed by atoms with Crippen molar-refractivity contribution in [1.82, 2.24) is 15.3 Å². The number of nitriles is 1. The lowest BCUT2D eigenvalue weighted by molar-refractivity contribution is -0.132. The van der Waals surface area contributed by atoms with Crippen molar-refractivity contribution >= 4 is 22.6 Å². The van der Waals surface area contributed by atoms with Crippen LogP contribution in [-0.4, -0.2) is 57.9 Å². The lowest BCUT2D eigenvalue weighted by Crippen LogP contribution is -2.53. The number of hydrogen-bond acceptors (Lipinski definition) is 7. The van der Waals surface area contributed by atoms with Gasteiger partial charge in [0.15, 0.2) is 6.10 Å². The van der Waals surface area contributed by atoms with E-state index in [0.29, 0.717) is 29.1 Å². The first-order chi connectivity index (χ1) is 12.5. The molecular formula is C18H21N5O3. The molecule has 0 unspecified atom stereocenters. The summed E-state index contributed by atoms with van der Waals surface area (Å²) >= 11 is 0. The second-order valence-electron chi connectivity index (χ2n) is 6.65. The summed E-state index contributed by atoms with van der Waals surface area (Å²) in [6.07, 6.45) is 2.52. The molecule has 1 fully saturated rings. The molecule has 1 aromatic heterocycles. The summed E-state index contributed by atoms with van der Waals surface area (Å²) in [4.78, 5) is 22.7. The average Bonchev–Trinajstić information content (AvgIpc) is 2.65. The molecule has 0 aliphatic carbocycles. The van der Waals surface area contributed by atoms with Crippen molar-refractivity contribution in [2.45, 2.75) is 25.5 Å². The first-order valence-electron chi connectivity index (χ1n) is 8.51. The summed E-state index contributed by atoms with van der Waals surface area (Å²) < 4.78 is 0. The Hall–Kier alpha value is -2.76. The van der Waals surface area contributed by atoms with E-state index in [1.54, 1.807) is 18.5 Å². The van der Waals surface area contributed by atoms with Gasteiger partial charge in [-0.1, -0.05) is 6.92 Å². The number of nitrogens with zero attached hydrogens (tertiary/aromatic N) is 4. The molecule has 3 rings (SSSR count). The van der Waals surface area contributed by atoms with Gasteiger partial charge in [0.1, 0.15) is 17.1 Å². The molecule has 26 heavy (non-hydrogen) atoms. The molecule has 1 aliphatic heterocycles. The summed E-state index contributed by atoms with van der Waals surface area (Å²) in [5.41, 5.74) is 2.54. The van der Waals surface area contributed by atoms with Crippen LogP contribution in [0, 0.1) is 17.2 Å². The Kier molecular flexibility index (Phi) is 5.30. The van der Waals surface area contributed by atoms with Crippen LogP contribution in [0.4, 0.5) is 5.69 Å². The number of aliphatic hydroxyl groups excluding tert-OH is 2. The normalized spacial score (nSPS) is 21.2. The van der Waals surface area contributed by atoms with Crippen molar-refractivity contribution in [1.29, 1.82) is 5.26 Å². The van der Waals surface area contributed by atoms with Crippen LogP contribution in [-0.2, 0) is 4.79 Å². The number of fused-ring (bicyclic) bond motifs is 1. The van der Waals surface area contributed by atoms with E-state index < -0.39 is 18.6 Å². The fourth-order valence-electron chi connectivity index (χ4n) is 3.42. The van der Waals surface area contributed by atoms with Crippen LogP contribution in [0.5, 0.6) is 0 Å². The van der Waals surface area contributed by atoms with Gasteiger partial charge in [-0.15, -0.1) is 0 Å². The zero-order chi connectivity index (χ0) is 18.7. The number of aliphatic hydroxyl groups is 2. The van der Waals surface area contributed by atoms with Crippen LogP contribution >= 0.6 is 0 Å². The van der Waals surface area contributed by atoms with Crippen molar-refractivity contribution in [3.05, 3.63) is 30.1 Å². The van der Waals surface area contributed by atoms with Crippen LogP contribution in [0.25, 0.3) is 11.0 Å². The Morgan fingerprint density at radius 3 is 2.81 bits per heavy atom. The molecule has 1 aliphatic rings. The van der Waals surface area contributed by atoms with Gasteiger partial charge in [-0.25, -0.2) is 0 Å². The number of nitrogens with one attached hydrogen (secondary N) is 1. The van der Waals surface area contributed by atoms with Crippen molar-refractivity contribution in [2.75, 3.05) is 24.6 Å². The van der Waals surface area contributed by atoms with Crippen LogP contribution < -0.4 is 10.2 Å². The molecule has 1 aromatic carbocycles. The molecule has 1 amide bonds. The molecule has 0 bridgehead atoms. The van der Waals surface area contributed by atoms with E-state index in [9.17, 15) is 15.2 Å². The maximum atomic E-state index is 11.9. The monoisotopic (exact) mass is 355 g/mol. The number of aromatic nitrogens is 2. The minimum absolute atomic E-state index is 0.158. The van der Waals surface area contributed by atoms with E-state index in [4.69, 9.17) is 5.11 Å². The minimum Gasteiger partial charge on any atom is -0.393 e.